The molecule has 0 bridgehead atoms. The quantitative estimate of drug-likeness (QED) is 0.522. The van der Waals surface area contributed by atoms with Crippen LogP contribution in [-0.2, 0) is 4.79 Å². The number of anilines is 1. The van der Waals surface area contributed by atoms with E-state index in [1.807, 2.05) is 0 Å². The molecule has 6 nitrogen and oxygen atoms in total. The van der Waals surface area contributed by atoms with E-state index in [1.165, 1.54) is 12.1 Å². The van der Waals surface area contributed by atoms with Gasteiger partial charge in [0.05, 0.1) is 0 Å². The van der Waals surface area contributed by atoms with E-state index in [4.69, 9.17) is 10.2 Å². The Balaban J connectivity index is 2.59. The van der Waals surface area contributed by atoms with Crippen LogP contribution in [0.25, 0.3) is 0 Å². The smallest absolute Gasteiger partial charge is 0.322 e. The van der Waals surface area contributed by atoms with Gasteiger partial charge in [-0.3, -0.25) is 9.59 Å². The number of aliphatic hydroxyl groups excluding tert-OH is 1. The molecular formula is C10H12N2O4. The van der Waals surface area contributed by atoms with Crippen LogP contribution >= 0.6 is 0 Å². The number of nitrogens with one attached hydrogen (secondary N) is 2. The minimum absolute atomic E-state index is 0.190. The van der Waals surface area contributed by atoms with Gasteiger partial charge in [-0.25, -0.2) is 0 Å². The zero-order chi connectivity index (χ0) is 12.0. The average molecular weight is 224 g/mol. The van der Waals surface area contributed by atoms with Crippen molar-refractivity contribution in [3.05, 3.63) is 29.8 Å². The van der Waals surface area contributed by atoms with Gasteiger partial charge in [0, 0.05) is 11.3 Å². The number of benzene rings is 1. The number of carbonyl (C=O) groups is 2. The number of aliphatic hydroxyl groups is 1. The second-order valence-corrected chi connectivity index (χ2v) is 2.99. The SMILES string of the molecule is O=C(O)CNC(=O)c1ccc(NCO)cc1. The zero-order valence-corrected chi connectivity index (χ0v) is 8.43. The molecular weight excluding hydrogens is 212 g/mol. The lowest BCUT2D eigenvalue weighted by Crippen LogP contribution is -2.29. The predicted octanol–water partition coefficient (Wildman–Crippen LogP) is -0.137. The van der Waals surface area contributed by atoms with Crippen molar-refractivity contribution in [3.8, 4) is 0 Å². The molecule has 1 aromatic carbocycles. The summed E-state index contributed by atoms with van der Waals surface area (Å²) in [5, 5.41) is 21.9. The molecule has 1 rings (SSSR count). The Morgan fingerprint density at radius 3 is 2.31 bits per heavy atom. The third kappa shape index (κ3) is 3.58. The minimum Gasteiger partial charge on any atom is -0.480 e. The number of hydrogen-bond donors (Lipinski definition) is 4. The Bertz CT molecular complexity index is 375. The zero-order valence-electron chi connectivity index (χ0n) is 8.43. The molecule has 0 saturated heterocycles. The van der Waals surface area contributed by atoms with E-state index in [-0.39, 0.29) is 6.73 Å². The lowest BCUT2D eigenvalue weighted by atomic mass is 10.2. The van der Waals surface area contributed by atoms with Crippen LogP contribution in [0.3, 0.4) is 0 Å². The van der Waals surface area contributed by atoms with Crippen LogP contribution in [0, 0.1) is 0 Å². The maximum Gasteiger partial charge on any atom is 0.322 e. The summed E-state index contributed by atoms with van der Waals surface area (Å²) in [6.07, 6.45) is 0. The molecule has 4 N–H and O–H groups in total. The Hall–Kier alpha value is -2.08. The Morgan fingerprint density at radius 1 is 1.19 bits per heavy atom. The highest BCUT2D eigenvalue weighted by Gasteiger charge is 2.06. The first kappa shape index (κ1) is 12.0. The summed E-state index contributed by atoms with van der Waals surface area (Å²) in [7, 11) is 0. The van der Waals surface area contributed by atoms with E-state index in [1.54, 1.807) is 12.1 Å². The monoisotopic (exact) mass is 224 g/mol. The van der Waals surface area contributed by atoms with Crippen molar-refractivity contribution < 1.29 is 19.8 Å². The van der Waals surface area contributed by atoms with E-state index in [2.05, 4.69) is 10.6 Å². The summed E-state index contributed by atoms with van der Waals surface area (Å²) in [6.45, 7) is -0.597. The van der Waals surface area contributed by atoms with Crippen molar-refractivity contribution in [2.45, 2.75) is 0 Å². The lowest BCUT2D eigenvalue weighted by molar-refractivity contribution is -0.135. The third-order valence-electron chi connectivity index (χ3n) is 1.83. The molecule has 0 atom stereocenters. The first-order chi connectivity index (χ1) is 7.63. The van der Waals surface area contributed by atoms with Crippen LogP contribution in [0.5, 0.6) is 0 Å². The summed E-state index contributed by atoms with van der Waals surface area (Å²) in [5.74, 6) is -1.54. The van der Waals surface area contributed by atoms with E-state index < -0.39 is 18.4 Å². The maximum atomic E-state index is 11.4. The van der Waals surface area contributed by atoms with Gasteiger partial charge in [0.15, 0.2) is 0 Å². The number of carbonyl (C=O) groups excluding carboxylic acids is 1. The normalized spacial score (nSPS) is 9.56. The highest BCUT2D eigenvalue weighted by molar-refractivity contribution is 5.96. The molecule has 1 aromatic rings. The van der Waals surface area contributed by atoms with Crippen molar-refractivity contribution in [2.24, 2.45) is 0 Å². The second kappa shape index (κ2) is 5.72. The van der Waals surface area contributed by atoms with Crippen molar-refractivity contribution in [1.82, 2.24) is 5.32 Å². The highest BCUT2D eigenvalue weighted by Crippen LogP contribution is 2.08. The van der Waals surface area contributed by atoms with Crippen molar-refractivity contribution in [1.29, 1.82) is 0 Å². The summed E-state index contributed by atoms with van der Waals surface area (Å²) < 4.78 is 0. The van der Waals surface area contributed by atoms with Gasteiger partial charge in [-0.05, 0) is 24.3 Å². The van der Waals surface area contributed by atoms with E-state index >= 15 is 0 Å². The number of carboxylic acids is 1. The molecule has 0 fully saturated rings. The first-order valence-electron chi connectivity index (χ1n) is 4.58. The molecule has 0 aliphatic carbocycles. The molecule has 0 radical (unpaired) electrons. The molecule has 6 heteroatoms. The van der Waals surface area contributed by atoms with Crippen molar-refractivity contribution in [2.75, 3.05) is 18.6 Å². The van der Waals surface area contributed by atoms with Crippen LogP contribution in [0.2, 0.25) is 0 Å². The van der Waals surface area contributed by atoms with Gasteiger partial charge in [-0.15, -0.1) is 0 Å². The summed E-state index contributed by atoms with van der Waals surface area (Å²) in [4.78, 5) is 21.6. The maximum absolute atomic E-state index is 11.4. The van der Waals surface area contributed by atoms with Crippen molar-refractivity contribution >= 4 is 17.6 Å². The molecule has 16 heavy (non-hydrogen) atoms. The van der Waals surface area contributed by atoms with Gasteiger partial charge in [-0.1, -0.05) is 0 Å². The lowest BCUT2D eigenvalue weighted by Gasteiger charge is -2.04. The van der Waals surface area contributed by atoms with E-state index in [0.717, 1.165) is 0 Å². The molecule has 0 aromatic heterocycles. The molecule has 0 aliphatic rings. The van der Waals surface area contributed by atoms with Gasteiger partial charge < -0.3 is 20.8 Å². The molecule has 0 heterocycles. The molecule has 0 saturated carbocycles. The number of hydrogen-bond acceptors (Lipinski definition) is 4. The fourth-order valence-electron chi connectivity index (χ4n) is 1.09. The molecule has 86 valence electrons. The predicted molar refractivity (Wildman–Crippen MR) is 57.1 cm³/mol. The molecule has 0 spiro atoms. The fraction of sp³-hybridized carbons (Fsp3) is 0.200. The summed E-state index contributed by atoms with van der Waals surface area (Å²) in [6, 6.07) is 6.31. The van der Waals surface area contributed by atoms with Crippen LogP contribution in [0.15, 0.2) is 24.3 Å². The van der Waals surface area contributed by atoms with Crippen LogP contribution in [0.4, 0.5) is 5.69 Å². The summed E-state index contributed by atoms with van der Waals surface area (Å²) >= 11 is 0. The van der Waals surface area contributed by atoms with Crippen LogP contribution < -0.4 is 10.6 Å². The van der Waals surface area contributed by atoms with Crippen LogP contribution in [0.1, 0.15) is 10.4 Å². The topological polar surface area (TPSA) is 98.7 Å². The molecule has 1 amide bonds. The number of aliphatic carboxylic acids is 1. The number of rotatable bonds is 5. The Labute approximate surface area is 91.9 Å². The van der Waals surface area contributed by atoms with Gasteiger partial charge in [-0.2, -0.15) is 0 Å². The molecule has 0 unspecified atom stereocenters. The second-order valence-electron chi connectivity index (χ2n) is 2.99. The highest BCUT2D eigenvalue weighted by atomic mass is 16.4. The van der Waals surface area contributed by atoms with Gasteiger partial charge in [0.25, 0.3) is 5.91 Å². The third-order valence-corrected chi connectivity index (χ3v) is 1.83. The summed E-state index contributed by atoms with van der Waals surface area (Å²) in [5.41, 5.74) is 1.04. The van der Waals surface area contributed by atoms with Gasteiger partial charge in [0.1, 0.15) is 13.3 Å². The average Bonchev–Trinajstić information content (AvgIpc) is 2.27. The van der Waals surface area contributed by atoms with Gasteiger partial charge in [0.2, 0.25) is 0 Å². The van der Waals surface area contributed by atoms with E-state index in [0.29, 0.717) is 11.3 Å². The van der Waals surface area contributed by atoms with E-state index in [9.17, 15) is 9.59 Å². The Morgan fingerprint density at radius 2 is 1.81 bits per heavy atom. The fourth-order valence-corrected chi connectivity index (χ4v) is 1.09. The number of carboxylic acid groups (broad SMARTS) is 1. The first-order valence-corrected chi connectivity index (χ1v) is 4.58. The number of amides is 1. The molecule has 0 aliphatic heterocycles. The van der Waals surface area contributed by atoms with Crippen molar-refractivity contribution in [3.63, 3.8) is 0 Å². The minimum atomic E-state index is -1.09. The standard InChI is InChI=1S/C10H12N2O4/c13-6-12-8-3-1-7(2-4-8)10(16)11-5-9(14)15/h1-4,12-13H,5-6H2,(H,11,16)(H,14,15). The van der Waals surface area contributed by atoms with Crippen LogP contribution in [-0.4, -0.2) is 35.4 Å². The van der Waals surface area contributed by atoms with Gasteiger partial charge >= 0.3 is 5.97 Å². The Kier molecular flexibility index (Phi) is 4.28. The largest absolute Gasteiger partial charge is 0.480 e.